The minimum atomic E-state index is -1.07. The Hall–Kier alpha value is -15.0. The van der Waals surface area contributed by atoms with Gasteiger partial charge in [0.25, 0.3) is 0 Å². The Morgan fingerprint density at radius 2 is 0.456 bits per heavy atom. The minimum Gasteiger partial charge on any atom is -0.507 e. The topological polar surface area (TPSA) is 470 Å². The Kier molecular flexibility index (Phi) is 48.8. The third kappa shape index (κ3) is 38.5. The van der Waals surface area contributed by atoms with E-state index in [9.17, 15) is 141 Å². The van der Waals surface area contributed by atoms with Gasteiger partial charge in [-0.25, -0.2) is 67.9 Å². The Labute approximate surface area is 854 Å². The second-order valence-corrected chi connectivity index (χ2v) is 35.1. The molecule has 780 valence electrons. The fourth-order valence-corrected chi connectivity index (χ4v) is 16.8. The van der Waals surface area contributed by atoms with Crippen LogP contribution in [0.4, 0.5) is 43.9 Å². The lowest BCUT2D eigenvalue weighted by Gasteiger charge is -2.16. The summed E-state index contributed by atoms with van der Waals surface area (Å²) in [6, 6.07) is 29.5. The number of nitrogens with one attached hydrogen (secondary N) is 5. The summed E-state index contributed by atoms with van der Waals surface area (Å²) in [7, 11) is 1.15. The summed E-state index contributed by atoms with van der Waals surface area (Å²) in [5.41, 5.74) is 1.13. The average molecular weight is 2150 g/mol. The third-order valence-electron chi connectivity index (χ3n) is 19.1. The van der Waals surface area contributed by atoms with Gasteiger partial charge >= 0.3 is 35.8 Å². The second-order valence-electron chi connectivity index (χ2n) is 30.1. The van der Waals surface area contributed by atoms with E-state index in [0.29, 0.717) is 70.9 Å². The molecule has 5 amide bonds. The first-order valence-corrected chi connectivity index (χ1v) is 48.3. The molecule has 0 aliphatic heterocycles. The van der Waals surface area contributed by atoms with Crippen molar-refractivity contribution >= 4 is 150 Å². The summed E-state index contributed by atoms with van der Waals surface area (Å²) in [5.74, 6) is -16.3. The van der Waals surface area contributed by atoms with E-state index < -0.39 is 179 Å². The molecule has 9 N–H and O–H groups in total. The molecule has 10 aromatic rings. The van der Waals surface area contributed by atoms with Crippen molar-refractivity contribution in [3.05, 3.63) is 268 Å². The molecule has 0 saturated heterocycles. The van der Waals surface area contributed by atoms with Crippen molar-refractivity contribution in [3.63, 3.8) is 0 Å². The van der Waals surface area contributed by atoms with Gasteiger partial charge in [0.1, 0.15) is 117 Å². The van der Waals surface area contributed by atoms with Gasteiger partial charge in [-0.15, -0.1) is 0 Å². The summed E-state index contributed by atoms with van der Waals surface area (Å²) in [6.07, 6.45) is 0. The molecule has 0 saturated carbocycles. The highest BCUT2D eigenvalue weighted by atomic mass is 32.2. The third-order valence-corrected chi connectivity index (χ3v) is 24.0. The molecule has 5 atom stereocenters. The van der Waals surface area contributed by atoms with Crippen molar-refractivity contribution < 1.29 is 169 Å². The van der Waals surface area contributed by atoms with Gasteiger partial charge in [0.05, 0.1) is 61.4 Å². The van der Waals surface area contributed by atoms with E-state index in [-0.39, 0.29) is 167 Å². The fraction of sp³-hybridized carbons (Fsp3) is 0.248. The first kappa shape index (κ1) is 121. The number of halogens is 10. The monoisotopic (exact) mass is 2140 g/mol. The quantitative estimate of drug-likeness (QED) is 0.00771. The van der Waals surface area contributed by atoms with E-state index in [1.165, 1.54) is 156 Å². The number of ether oxygens (including phenoxy) is 6. The fourth-order valence-electron chi connectivity index (χ4n) is 12.6. The number of methoxy groups -OCH3 is 1. The highest BCUT2D eigenvalue weighted by Gasteiger charge is 2.32. The molecule has 0 aliphatic carbocycles. The molecule has 0 aromatic heterocycles. The Bertz CT molecular complexity index is 6190. The summed E-state index contributed by atoms with van der Waals surface area (Å²) < 4.78 is 165. The van der Waals surface area contributed by atoms with E-state index in [1.807, 2.05) is 0 Å². The number of hydrogen-bond donors (Lipinski definition) is 9. The van der Waals surface area contributed by atoms with Crippen LogP contribution < -0.4 is 31.3 Å². The number of phenols is 4. The average Bonchev–Trinajstić information content (AvgIpc) is 0.813. The number of hydrogen-bond acceptors (Lipinski definition) is 31. The number of aromatic hydroxyl groups is 4. The van der Waals surface area contributed by atoms with Crippen LogP contribution in [0.1, 0.15) is 121 Å². The van der Waals surface area contributed by atoms with Crippen LogP contribution >= 0.6 is 58.8 Å². The molecule has 0 spiro atoms. The van der Waals surface area contributed by atoms with Crippen molar-refractivity contribution in [3.8, 4) is 84.4 Å². The molecule has 31 nitrogen and oxygen atoms in total. The van der Waals surface area contributed by atoms with E-state index in [2.05, 4.69) is 31.3 Å². The van der Waals surface area contributed by atoms with E-state index >= 15 is 0 Å². The number of thioether (sulfide) groups is 5. The maximum absolute atomic E-state index is 14.2. The molecule has 0 radical (unpaired) electrons. The number of phenolic OH excluding ortho intramolecular Hbond substituents is 4. The molecule has 0 fully saturated rings. The standard InChI is InChI=1S/C22H21F2NO6S.3C20H19F2NO5S.C19H17F2NO5S/c1-4-30-21(28)19(25-12(2)26)11-32-22(29)17-9-14(5-8-20(17)31-13(3)27)16-7-6-15(23)10-18(16)24;3*1-3-28-19(26)17(23-11(2)24)10-29-20(27)15-8-12(4-7-18(15)25)14-6-5-13(21)9-16(14)22;1-10(23)22-16(18(25)27-2)9-28-19(26)14-7-11(3-6-17(14)24)13-5-4-12(20)8-15(13)21/h5-10,19H,4,11H2,1-3H3,(H,25,26);3*4-9,17,25H,3,10H2,1-2H3,(H,23,24);3-8,16,24H,9H2,1-2H3,(H,22,23)/t;2*17-;;16-/m.10.0/s1. The molecule has 147 heavy (non-hydrogen) atoms. The molecule has 10 aromatic carbocycles. The summed E-state index contributed by atoms with van der Waals surface area (Å²) in [6.45, 7) is 14.1. The first-order chi connectivity index (χ1) is 69.5. The maximum Gasteiger partial charge on any atom is 0.329 e. The smallest absolute Gasteiger partial charge is 0.329 e. The van der Waals surface area contributed by atoms with Gasteiger partial charge in [0.2, 0.25) is 55.1 Å². The van der Waals surface area contributed by atoms with Crippen molar-refractivity contribution in [2.45, 2.75) is 99.4 Å². The zero-order valence-electron chi connectivity index (χ0n) is 79.7. The predicted octanol–water partition coefficient (Wildman–Crippen LogP) is 16.2. The van der Waals surface area contributed by atoms with Crippen molar-refractivity contribution in [1.29, 1.82) is 0 Å². The summed E-state index contributed by atoms with van der Waals surface area (Å²) >= 11 is 3.44. The highest BCUT2D eigenvalue weighted by Crippen LogP contribution is 2.38. The molecular weight excluding hydrogens is 2050 g/mol. The molecule has 0 aliphatic rings. The van der Waals surface area contributed by atoms with Crippen LogP contribution in [0.2, 0.25) is 0 Å². The van der Waals surface area contributed by atoms with Crippen LogP contribution in [-0.4, -0.2) is 204 Å². The van der Waals surface area contributed by atoms with Gasteiger partial charge in [-0.1, -0.05) is 89.1 Å². The lowest BCUT2D eigenvalue weighted by atomic mass is 10.0. The largest absolute Gasteiger partial charge is 0.507 e. The number of rotatable bonds is 35. The Morgan fingerprint density at radius 3 is 0.639 bits per heavy atom. The zero-order chi connectivity index (χ0) is 109. The summed E-state index contributed by atoms with van der Waals surface area (Å²) in [4.78, 5) is 190. The molecule has 10 rings (SSSR count). The Balaban J connectivity index is 0.000000281. The maximum atomic E-state index is 14.2. The normalized spacial score (nSPS) is 11.5. The Morgan fingerprint density at radius 1 is 0.265 bits per heavy atom. The molecule has 46 heteroatoms. The minimum absolute atomic E-state index is 0.0440. The van der Waals surface area contributed by atoms with E-state index in [1.54, 1.807) is 27.7 Å². The number of amides is 5. The van der Waals surface area contributed by atoms with Crippen LogP contribution in [-0.2, 0) is 76.4 Å². The number of carbonyl (C=O) groups excluding carboxylic acids is 16. The molecule has 2 unspecified atom stereocenters. The lowest BCUT2D eigenvalue weighted by Crippen LogP contribution is -2.42. The van der Waals surface area contributed by atoms with Gasteiger partial charge in [0, 0.05) is 128 Å². The van der Waals surface area contributed by atoms with Crippen molar-refractivity contribution in [2.24, 2.45) is 0 Å². The zero-order valence-corrected chi connectivity index (χ0v) is 83.7. The van der Waals surface area contributed by atoms with Crippen LogP contribution in [0, 0.1) is 58.2 Å². The lowest BCUT2D eigenvalue weighted by molar-refractivity contribution is -0.146. The van der Waals surface area contributed by atoms with Crippen LogP contribution in [0.3, 0.4) is 0 Å². The number of carbonyl (C=O) groups is 16. The van der Waals surface area contributed by atoms with Crippen LogP contribution in [0.25, 0.3) is 55.6 Å². The summed E-state index contributed by atoms with van der Waals surface area (Å²) in [5, 5.41) is 49.1. The van der Waals surface area contributed by atoms with E-state index in [4.69, 9.17) is 23.7 Å². The molecule has 0 heterocycles. The second kappa shape index (κ2) is 59.4. The van der Waals surface area contributed by atoms with Gasteiger partial charge in [0.15, 0.2) is 0 Å². The highest BCUT2D eigenvalue weighted by molar-refractivity contribution is 8.15. The van der Waals surface area contributed by atoms with Gasteiger partial charge in [-0.2, -0.15) is 0 Å². The predicted molar refractivity (Wildman–Crippen MR) is 527 cm³/mol. The van der Waals surface area contributed by atoms with Gasteiger partial charge < -0.3 is 75.4 Å². The van der Waals surface area contributed by atoms with Crippen molar-refractivity contribution in [2.75, 3.05) is 62.3 Å². The van der Waals surface area contributed by atoms with Gasteiger partial charge in [-0.3, -0.25) is 52.7 Å². The number of benzene rings is 10. The van der Waals surface area contributed by atoms with Crippen molar-refractivity contribution in [1.82, 2.24) is 26.6 Å². The molecular formula is C101H95F10N5O26S5. The van der Waals surface area contributed by atoms with Crippen LogP contribution in [0.5, 0.6) is 28.7 Å². The van der Waals surface area contributed by atoms with Crippen LogP contribution in [0.15, 0.2) is 182 Å². The molecule has 0 bridgehead atoms. The SMILES string of the molecule is CCOC(=O)C(CSC(=O)c1cc(-c2ccc(F)cc2F)ccc1O)NC(C)=O.CCOC(=O)C(CSC(=O)c1cc(-c2ccc(F)cc2F)ccc1OC(C)=O)NC(C)=O.CCOC(=O)[C@@H](CSC(=O)c1cc(-c2ccc(F)cc2F)ccc1O)NC(C)=O.CCOC(=O)[C@H](CSC(=O)c1cc(-c2ccc(F)cc2F)ccc1O)NC(C)=O.COC(=O)[C@H](CSC(=O)c1cc(-c2ccc(F)cc2F)ccc1O)NC(C)=O. The number of esters is 6. The van der Waals surface area contributed by atoms with Gasteiger partial charge in [-0.05, 0) is 177 Å². The first-order valence-electron chi connectivity index (χ1n) is 43.4. The van der Waals surface area contributed by atoms with E-state index in [0.717, 1.165) is 62.6 Å².